The van der Waals surface area contributed by atoms with E-state index in [-0.39, 0.29) is 28.8 Å². The molecule has 0 saturated heterocycles. The number of urea groups is 1. The normalized spacial score (nSPS) is 13.9. The monoisotopic (exact) mass is 426 g/mol. The van der Waals surface area contributed by atoms with Crippen molar-refractivity contribution in [3.8, 4) is 11.3 Å². The van der Waals surface area contributed by atoms with E-state index in [1.807, 2.05) is 51.1 Å². The highest BCUT2D eigenvalue weighted by atomic mass is 35.5. The van der Waals surface area contributed by atoms with Crippen LogP contribution in [0.4, 0.5) is 4.79 Å². The van der Waals surface area contributed by atoms with Gasteiger partial charge in [0.05, 0.1) is 29.9 Å². The number of halogens is 1. The first-order valence-corrected chi connectivity index (χ1v) is 10.0. The average Bonchev–Trinajstić information content (AvgIpc) is 3.04. The molecule has 0 unspecified atom stereocenters. The van der Waals surface area contributed by atoms with Crippen molar-refractivity contribution in [1.29, 1.82) is 0 Å². The van der Waals surface area contributed by atoms with Crippen LogP contribution in [0.3, 0.4) is 0 Å². The second kappa shape index (κ2) is 7.28. The molecule has 0 radical (unpaired) electrons. The number of pyridine rings is 1. The number of carbonyl (C=O) groups is 2. The van der Waals surface area contributed by atoms with Crippen molar-refractivity contribution in [2.45, 2.75) is 39.4 Å². The number of aromatic nitrogens is 3. The summed E-state index contributed by atoms with van der Waals surface area (Å²) < 4.78 is 1.72. The summed E-state index contributed by atoms with van der Waals surface area (Å²) in [5, 5.41) is 8.68. The number of nitrogens with one attached hydrogen (secondary N) is 1. The smallest absolute Gasteiger partial charge is 0.318 e. The van der Waals surface area contributed by atoms with Gasteiger partial charge in [0.15, 0.2) is 0 Å². The molecule has 3 heterocycles. The number of hydrogen-bond acceptors (Lipinski definition) is 4. The largest absolute Gasteiger partial charge is 0.365 e. The van der Waals surface area contributed by atoms with Crippen molar-refractivity contribution in [3.05, 3.63) is 46.7 Å². The number of para-hydroxylation sites is 1. The molecule has 3 N–H and O–H groups in total. The molecule has 0 atom stereocenters. The number of nitrogens with two attached hydrogens (primary N) is 1. The van der Waals surface area contributed by atoms with Crippen LogP contribution in [0.2, 0.25) is 5.15 Å². The van der Waals surface area contributed by atoms with Gasteiger partial charge in [-0.15, -0.1) is 0 Å². The first-order valence-electron chi connectivity index (χ1n) is 9.66. The Hall–Kier alpha value is -3.13. The van der Waals surface area contributed by atoms with Gasteiger partial charge in [0.2, 0.25) is 0 Å². The fourth-order valence-corrected chi connectivity index (χ4v) is 3.83. The van der Waals surface area contributed by atoms with E-state index in [2.05, 4.69) is 15.4 Å². The van der Waals surface area contributed by atoms with Gasteiger partial charge in [0, 0.05) is 23.0 Å². The van der Waals surface area contributed by atoms with E-state index in [9.17, 15) is 9.59 Å². The Labute approximate surface area is 179 Å². The summed E-state index contributed by atoms with van der Waals surface area (Å²) in [7, 11) is 0. The molecule has 8 nitrogen and oxygen atoms in total. The zero-order chi connectivity index (χ0) is 21.6. The summed E-state index contributed by atoms with van der Waals surface area (Å²) >= 11 is 6.44. The van der Waals surface area contributed by atoms with E-state index in [1.165, 1.54) is 0 Å². The SMILES string of the molecule is CC(C)(C)NC(=O)N1CCn2nc(-c3cc4ccccc4nc3Cl)c(C(N)=O)c2C1. The highest BCUT2D eigenvalue weighted by Crippen LogP contribution is 2.34. The maximum absolute atomic E-state index is 12.6. The standard InChI is InChI=1S/C21H23ClN6O2/c1-21(2,3)25-20(30)27-8-9-28-15(11-27)16(19(23)29)17(26-28)13-10-12-6-4-5-7-14(12)24-18(13)22/h4-7,10H,8-9,11H2,1-3H3,(H2,23,29)(H,25,30). The Bertz CT molecular complexity index is 1160. The van der Waals surface area contributed by atoms with Crippen LogP contribution in [-0.4, -0.2) is 43.7 Å². The summed E-state index contributed by atoms with van der Waals surface area (Å²) in [6, 6.07) is 9.23. The number of amides is 3. The van der Waals surface area contributed by atoms with Crippen molar-refractivity contribution in [3.63, 3.8) is 0 Å². The van der Waals surface area contributed by atoms with Gasteiger partial charge < -0.3 is 16.0 Å². The molecule has 0 spiro atoms. The van der Waals surface area contributed by atoms with Crippen molar-refractivity contribution in [1.82, 2.24) is 25.0 Å². The number of fused-ring (bicyclic) bond motifs is 2. The predicted octanol–water partition coefficient (Wildman–Crippen LogP) is 3.17. The van der Waals surface area contributed by atoms with E-state index in [1.54, 1.807) is 9.58 Å². The van der Waals surface area contributed by atoms with Gasteiger partial charge in [-0.2, -0.15) is 5.10 Å². The van der Waals surface area contributed by atoms with Crippen LogP contribution in [0.25, 0.3) is 22.2 Å². The summed E-state index contributed by atoms with van der Waals surface area (Å²) in [5.41, 5.74) is 7.91. The topological polar surface area (TPSA) is 106 Å². The van der Waals surface area contributed by atoms with Crippen molar-refractivity contribution in [2.75, 3.05) is 6.54 Å². The van der Waals surface area contributed by atoms with Crippen LogP contribution < -0.4 is 11.1 Å². The van der Waals surface area contributed by atoms with E-state index < -0.39 is 5.91 Å². The molecule has 1 aromatic carbocycles. The fraction of sp³-hybridized carbons (Fsp3) is 0.333. The number of rotatable bonds is 2. The lowest BCUT2D eigenvalue weighted by molar-refractivity contribution is 0.0997. The highest BCUT2D eigenvalue weighted by Gasteiger charge is 2.31. The van der Waals surface area contributed by atoms with Crippen LogP contribution in [0.5, 0.6) is 0 Å². The molecule has 156 valence electrons. The number of nitrogens with zero attached hydrogens (tertiary/aromatic N) is 4. The number of benzene rings is 1. The maximum atomic E-state index is 12.6. The third-order valence-electron chi connectivity index (χ3n) is 4.93. The lowest BCUT2D eigenvalue weighted by Gasteiger charge is -2.31. The molecular weight excluding hydrogens is 404 g/mol. The summed E-state index contributed by atoms with van der Waals surface area (Å²) in [6.07, 6.45) is 0. The van der Waals surface area contributed by atoms with E-state index >= 15 is 0 Å². The minimum Gasteiger partial charge on any atom is -0.365 e. The van der Waals surface area contributed by atoms with Gasteiger partial charge in [-0.05, 0) is 32.9 Å². The van der Waals surface area contributed by atoms with Gasteiger partial charge in [-0.3, -0.25) is 9.48 Å². The van der Waals surface area contributed by atoms with Gasteiger partial charge in [-0.1, -0.05) is 29.8 Å². The fourth-order valence-electron chi connectivity index (χ4n) is 3.60. The third kappa shape index (κ3) is 3.70. The molecule has 4 rings (SSSR count). The second-order valence-corrected chi connectivity index (χ2v) is 8.74. The predicted molar refractivity (Wildman–Crippen MR) is 115 cm³/mol. The van der Waals surface area contributed by atoms with Gasteiger partial charge in [-0.25, -0.2) is 9.78 Å². The van der Waals surface area contributed by atoms with Gasteiger partial charge in [0.25, 0.3) is 5.91 Å². The molecule has 0 fully saturated rings. The van der Waals surface area contributed by atoms with Crippen LogP contribution in [0, 0.1) is 0 Å². The van der Waals surface area contributed by atoms with E-state index in [0.717, 1.165) is 10.9 Å². The lowest BCUT2D eigenvalue weighted by Crippen LogP contribution is -2.50. The third-order valence-corrected chi connectivity index (χ3v) is 5.22. The molecular formula is C21H23ClN6O2. The van der Waals surface area contributed by atoms with Crippen molar-refractivity contribution in [2.24, 2.45) is 5.73 Å². The van der Waals surface area contributed by atoms with E-state index in [0.29, 0.717) is 30.0 Å². The van der Waals surface area contributed by atoms with Crippen LogP contribution in [0.15, 0.2) is 30.3 Å². The van der Waals surface area contributed by atoms with Gasteiger partial charge in [0.1, 0.15) is 10.8 Å². The minimum absolute atomic E-state index is 0.197. The van der Waals surface area contributed by atoms with Gasteiger partial charge >= 0.3 is 6.03 Å². The summed E-state index contributed by atoms with van der Waals surface area (Å²) in [4.78, 5) is 31.1. The zero-order valence-corrected chi connectivity index (χ0v) is 17.8. The van der Waals surface area contributed by atoms with E-state index in [4.69, 9.17) is 17.3 Å². The quantitative estimate of drug-likeness (QED) is 0.613. The highest BCUT2D eigenvalue weighted by molar-refractivity contribution is 6.32. The van der Waals surface area contributed by atoms with Crippen LogP contribution >= 0.6 is 11.6 Å². The number of carbonyl (C=O) groups excluding carboxylic acids is 2. The lowest BCUT2D eigenvalue weighted by atomic mass is 10.0. The molecule has 3 aromatic rings. The first kappa shape index (κ1) is 20.2. The Morgan fingerprint density at radius 3 is 2.63 bits per heavy atom. The number of hydrogen-bond donors (Lipinski definition) is 2. The Morgan fingerprint density at radius 2 is 1.93 bits per heavy atom. The molecule has 0 aliphatic carbocycles. The Balaban J connectivity index is 1.78. The summed E-state index contributed by atoms with van der Waals surface area (Å²) in [6.45, 7) is 6.90. The molecule has 0 bridgehead atoms. The summed E-state index contributed by atoms with van der Waals surface area (Å²) in [5.74, 6) is -0.617. The molecule has 1 aliphatic heterocycles. The van der Waals surface area contributed by atoms with Crippen LogP contribution in [-0.2, 0) is 13.1 Å². The molecule has 0 saturated carbocycles. The molecule has 9 heteroatoms. The van der Waals surface area contributed by atoms with Crippen molar-refractivity contribution < 1.29 is 9.59 Å². The zero-order valence-electron chi connectivity index (χ0n) is 17.1. The molecule has 30 heavy (non-hydrogen) atoms. The molecule has 3 amide bonds. The maximum Gasteiger partial charge on any atom is 0.318 e. The first-order chi connectivity index (χ1) is 14.1. The Kier molecular flexibility index (Phi) is 4.89. The molecule has 1 aliphatic rings. The average molecular weight is 427 g/mol. The minimum atomic E-state index is -0.617. The Morgan fingerprint density at radius 1 is 1.20 bits per heavy atom. The van der Waals surface area contributed by atoms with Crippen LogP contribution in [0.1, 0.15) is 36.8 Å². The molecule has 2 aromatic heterocycles. The van der Waals surface area contributed by atoms with Crippen molar-refractivity contribution >= 4 is 34.4 Å². The number of primary amides is 1. The second-order valence-electron chi connectivity index (χ2n) is 8.38.